The highest BCUT2D eigenvalue weighted by Crippen LogP contribution is 2.05. The first kappa shape index (κ1) is 16.7. The fraction of sp³-hybridized carbons (Fsp3) is 0.312. The van der Waals surface area contributed by atoms with Gasteiger partial charge in [-0.05, 0) is 18.4 Å². The lowest BCUT2D eigenvalue weighted by Gasteiger charge is -2.17. The Morgan fingerprint density at radius 1 is 1.30 bits per heavy atom. The van der Waals surface area contributed by atoms with Crippen LogP contribution in [0.2, 0.25) is 0 Å². The number of imidazole rings is 1. The average molecular weight is 316 g/mol. The minimum Gasteiger partial charge on any atom is -0.480 e. The Morgan fingerprint density at radius 2 is 2.04 bits per heavy atom. The van der Waals surface area contributed by atoms with Crippen LogP contribution in [-0.4, -0.2) is 39.0 Å². The molecule has 0 bridgehead atoms. The first-order chi connectivity index (χ1) is 11.1. The third-order valence-electron chi connectivity index (χ3n) is 3.52. The van der Waals surface area contributed by atoms with E-state index in [1.54, 1.807) is 0 Å². The minimum atomic E-state index is -1.11. The van der Waals surface area contributed by atoms with Crippen LogP contribution in [0.25, 0.3) is 0 Å². The number of carboxylic acids is 1. The van der Waals surface area contributed by atoms with Gasteiger partial charge in [0.05, 0.1) is 12.4 Å². The Morgan fingerprint density at radius 3 is 2.65 bits per heavy atom. The summed E-state index contributed by atoms with van der Waals surface area (Å²) >= 11 is 0. The lowest BCUT2D eigenvalue weighted by Crippen LogP contribution is -2.49. The Balaban J connectivity index is 1.86. The summed E-state index contributed by atoms with van der Waals surface area (Å²) in [5.74, 6) is -1.57. The van der Waals surface area contributed by atoms with E-state index in [9.17, 15) is 14.7 Å². The van der Waals surface area contributed by atoms with Crippen molar-refractivity contribution in [3.63, 3.8) is 0 Å². The van der Waals surface area contributed by atoms with Gasteiger partial charge in [0.25, 0.3) is 0 Å². The van der Waals surface area contributed by atoms with Crippen LogP contribution in [0.15, 0.2) is 42.9 Å². The zero-order chi connectivity index (χ0) is 16.7. The highest BCUT2D eigenvalue weighted by molar-refractivity contribution is 5.86. The SMILES string of the molecule is N[C@@H](CCc1ccccc1)C(=O)N[C@@H](Cc1cnc[nH]1)C(=O)O. The molecule has 2 rings (SSSR count). The maximum absolute atomic E-state index is 12.1. The van der Waals surface area contributed by atoms with Crippen molar-refractivity contribution in [3.05, 3.63) is 54.1 Å². The van der Waals surface area contributed by atoms with Gasteiger partial charge in [-0.25, -0.2) is 9.78 Å². The van der Waals surface area contributed by atoms with Gasteiger partial charge in [-0.1, -0.05) is 30.3 Å². The summed E-state index contributed by atoms with van der Waals surface area (Å²) in [5.41, 5.74) is 7.58. The second-order valence-electron chi connectivity index (χ2n) is 5.31. The lowest BCUT2D eigenvalue weighted by atomic mass is 10.0. The molecule has 1 amide bonds. The number of hydrogen-bond donors (Lipinski definition) is 4. The van der Waals surface area contributed by atoms with Crippen LogP contribution in [0, 0.1) is 0 Å². The standard InChI is InChI=1S/C16H20N4O3/c17-13(7-6-11-4-2-1-3-5-11)15(21)20-14(16(22)23)8-12-9-18-10-19-12/h1-5,9-10,13-14H,6-8,17H2,(H,18,19)(H,20,21)(H,22,23)/t13-,14-/m0/s1. The van der Waals surface area contributed by atoms with Crippen LogP contribution in [0.3, 0.4) is 0 Å². The molecule has 1 aromatic carbocycles. The van der Waals surface area contributed by atoms with Crippen molar-refractivity contribution in [1.29, 1.82) is 0 Å². The molecule has 1 aromatic heterocycles. The van der Waals surface area contributed by atoms with Crippen LogP contribution in [0.1, 0.15) is 17.7 Å². The number of aliphatic carboxylic acids is 1. The van der Waals surface area contributed by atoms with Gasteiger partial charge >= 0.3 is 5.97 Å². The van der Waals surface area contributed by atoms with Gasteiger partial charge in [0, 0.05) is 18.3 Å². The van der Waals surface area contributed by atoms with E-state index in [0.717, 1.165) is 5.56 Å². The molecule has 2 aromatic rings. The smallest absolute Gasteiger partial charge is 0.326 e. The monoisotopic (exact) mass is 316 g/mol. The van der Waals surface area contributed by atoms with Gasteiger partial charge in [0.15, 0.2) is 0 Å². The summed E-state index contributed by atoms with van der Waals surface area (Å²) in [5, 5.41) is 11.7. The van der Waals surface area contributed by atoms with Crippen molar-refractivity contribution < 1.29 is 14.7 Å². The number of amides is 1. The molecule has 7 nitrogen and oxygen atoms in total. The average Bonchev–Trinajstić information content (AvgIpc) is 3.05. The molecule has 7 heteroatoms. The maximum Gasteiger partial charge on any atom is 0.326 e. The molecule has 0 spiro atoms. The summed E-state index contributed by atoms with van der Waals surface area (Å²) < 4.78 is 0. The van der Waals surface area contributed by atoms with Crippen LogP contribution >= 0.6 is 0 Å². The third-order valence-corrected chi connectivity index (χ3v) is 3.52. The zero-order valence-electron chi connectivity index (χ0n) is 12.6. The molecule has 5 N–H and O–H groups in total. The number of hydrogen-bond acceptors (Lipinski definition) is 4. The second-order valence-corrected chi connectivity index (χ2v) is 5.31. The number of nitrogens with two attached hydrogens (primary N) is 1. The van der Waals surface area contributed by atoms with Gasteiger partial charge in [0.1, 0.15) is 6.04 Å². The summed E-state index contributed by atoms with van der Waals surface area (Å²) in [6.07, 6.45) is 4.23. The van der Waals surface area contributed by atoms with E-state index in [1.807, 2.05) is 30.3 Å². The predicted octanol–water partition coefficient (Wildman–Crippen LogP) is 0.482. The van der Waals surface area contributed by atoms with Crippen molar-refractivity contribution in [2.75, 3.05) is 0 Å². The van der Waals surface area contributed by atoms with Crippen LogP contribution < -0.4 is 11.1 Å². The van der Waals surface area contributed by atoms with Gasteiger partial charge in [-0.3, -0.25) is 4.79 Å². The summed E-state index contributed by atoms with van der Waals surface area (Å²) in [6, 6.07) is 7.90. The fourth-order valence-corrected chi connectivity index (χ4v) is 2.19. The molecule has 0 unspecified atom stereocenters. The van der Waals surface area contributed by atoms with E-state index < -0.39 is 24.0 Å². The van der Waals surface area contributed by atoms with Gasteiger partial charge in [-0.15, -0.1) is 0 Å². The molecule has 1 heterocycles. The van der Waals surface area contributed by atoms with Crippen molar-refractivity contribution in [2.45, 2.75) is 31.3 Å². The van der Waals surface area contributed by atoms with Crippen LogP contribution in [0.5, 0.6) is 0 Å². The van der Waals surface area contributed by atoms with Gasteiger partial charge < -0.3 is 21.1 Å². The Bertz CT molecular complexity index is 628. The normalized spacial score (nSPS) is 13.3. The molecule has 0 saturated carbocycles. The molecule has 0 saturated heterocycles. The number of carboxylic acid groups (broad SMARTS) is 1. The van der Waals surface area contributed by atoms with Crippen molar-refractivity contribution in [2.24, 2.45) is 5.73 Å². The maximum atomic E-state index is 12.1. The van der Waals surface area contributed by atoms with Crippen molar-refractivity contribution in [1.82, 2.24) is 15.3 Å². The number of carbonyl (C=O) groups excluding carboxylic acids is 1. The third kappa shape index (κ3) is 5.23. The fourth-order valence-electron chi connectivity index (χ4n) is 2.19. The van der Waals surface area contributed by atoms with Crippen molar-refractivity contribution >= 4 is 11.9 Å². The van der Waals surface area contributed by atoms with E-state index in [2.05, 4.69) is 15.3 Å². The number of H-pyrrole nitrogens is 1. The quantitative estimate of drug-likeness (QED) is 0.564. The topological polar surface area (TPSA) is 121 Å². The number of benzene rings is 1. The number of aromatic nitrogens is 2. The number of carbonyl (C=O) groups is 2. The zero-order valence-corrected chi connectivity index (χ0v) is 12.6. The van der Waals surface area contributed by atoms with E-state index in [0.29, 0.717) is 18.5 Å². The van der Waals surface area contributed by atoms with Gasteiger partial charge in [0.2, 0.25) is 5.91 Å². The highest BCUT2D eigenvalue weighted by atomic mass is 16.4. The molecule has 0 fully saturated rings. The van der Waals surface area contributed by atoms with E-state index in [-0.39, 0.29) is 6.42 Å². The molecular formula is C16H20N4O3. The largest absolute Gasteiger partial charge is 0.480 e. The summed E-state index contributed by atoms with van der Waals surface area (Å²) in [4.78, 5) is 30.0. The summed E-state index contributed by atoms with van der Waals surface area (Å²) in [6.45, 7) is 0. The summed E-state index contributed by atoms with van der Waals surface area (Å²) in [7, 11) is 0. The Hall–Kier alpha value is -2.67. The second kappa shape index (κ2) is 8.09. The molecule has 0 aliphatic carbocycles. The van der Waals surface area contributed by atoms with E-state index in [4.69, 9.17) is 5.73 Å². The highest BCUT2D eigenvalue weighted by Gasteiger charge is 2.23. The molecule has 23 heavy (non-hydrogen) atoms. The number of nitrogens with zero attached hydrogens (tertiary/aromatic N) is 1. The van der Waals surface area contributed by atoms with E-state index in [1.165, 1.54) is 12.5 Å². The first-order valence-corrected chi connectivity index (χ1v) is 7.36. The molecule has 0 aliphatic heterocycles. The lowest BCUT2D eigenvalue weighted by molar-refractivity contribution is -0.142. The molecule has 122 valence electrons. The number of aromatic amines is 1. The predicted molar refractivity (Wildman–Crippen MR) is 84.6 cm³/mol. The number of aryl methyl sites for hydroxylation is 1. The molecular weight excluding hydrogens is 296 g/mol. The molecule has 0 aliphatic rings. The molecule has 2 atom stereocenters. The van der Waals surface area contributed by atoms with Gasteiger partial charge in [-0.2, -0.15) is 0 Å². The Kier molecular flexibility index (Phi) is 5.87. The number of rotatable bonds is 8. The number of nitrogens with one attached hydrogen (secondary N) is 2. The molecule has 0 radical (unpaired) electrons. The minimum absolute atomic E-state index is 0.131. The first-order valence-electron chi connectivity index (χ1n) is 7.36. The van der Waals surface area contributed by atoms with Crippen LogP contribution in [0.4, 0.5) is 0 Å². The van der Waals surface area contributed by atoms with Crippen molar-refractivity contribution in [3.8, 4) is 0 Å². The van der Waals surface area contributed by atoms with Crippen LogP contribution in [-0.2, 0) is 22.4 Å². The van der Waals surface area contributed by atoms with E-state index >= 15 is 0 Å². The Labute approximate surface area is 133 Å².